The number of hydrogen-bond donors (Lipinski definition) is 2. The van der Waals surface area contributed by atoms with Crippen LogP contribution >= 0.6 is 15.9 Å². The van der Waals surface area contributed by atoms with E-state index in [4.69, 9.17) is 9.84 Å². The highest BCUT2D eigenvalue weighted by molar-refractivity contribution is 9.10. The van der Waals surface area contributed by atoms with Crippen LogP contribution in [0.1, 0.15) is 30.7 Å². The minimum Gasteiger partial charge on any atom is -0.508 e. The number of aliphatic carboxylic acids is 1. The van der Waals surface area contributed by atoms with Crippen molar-refractivity contribution in [3.05, 3.63) is 22.2 Å². The molecule has 5 heteroatoms. The molecule has 1 aromatic rings. The summed E-state index contributed by atoms with van der Waals surface area (Å²) >= 11 is 3.36. The van der Waals surface area contributed by atoms with E-state index >= 15 is 0 Å². The largest absolute Gasteiger partial charge is 0.508 e. The molecule has 1 atom stereocenters. The summed E-state index contributed by atoms with van der Waals surface area (Å²) in [6.07, 6.45) is 2.11. The zero-order valence-corrected chi connectivity index (χ0v) is 11.6. The van der Waals surface area contributed by atoms with Crippen molar-refractivity contribution in [2.75, 3.05) is 7.11 Å². The summed E-state index contributed by atoms with van der Waals surface area (Å²) < 4.78 is 5.82. The van der Waals surface area contributed by atoms with Gasteiger partial charge in [0.05, 0.1) is 18.0 Å². The molecule has 1 aliphatic rings. The molecule has 0 spiro atoms. The van der Waals surface area contributed by atoms with Crippen molar-refractivity contribution < 1.29 is 19.7 Å². The van der Waals surface area contributed by atoms with Gasteiger partial charge >= 0.3 is 5.97 Å². The van der Waals surface area contributed by atoms with Gasteiger partial charge in [0.25, 0.3) is 0 Å². The van der Waals surface area contributed by atoms with Gasteiger partial charge in [0.15, 0.2) is 0 Å². The van der Waals surface area contributed by atoms with E-state index in [0.29, 0.717) is 17.2 Å². The second-order valence-electron chi connectivity index (χ2n) is 4.59. The van der Waals surface area contributed by atoms with Gasteiger partial charge in [0.1, 0.15) is 11.5 Å². The fourth-order valence-electron chi connectivity index (χ4n) is 2.23. The Morgan fingerprint density at radius 2 is 2.22 bits per heavy atom. The third-order valence-electron chi connectivity index (χ3n) is 3.29. The predicted molar refractivity (Wildman–Crippen MR) is 70.1 cm³/mol. The molecule has 1 aromatic carbocycles. The van der Waals surface area contributed by atoms with Crippen molar-refractivity contribution in [1.82, 2.24) is 0 Å². The number of phenolic OH excluding ortho intramolecular Hbond substituents is 1. The second-order valence-corrected chi connectivity index (χ2v) is 5.44. The number of halogens is 1. The lowest BCUT2D eigenvalue weighted by Gasteiger charge is -2.17. The lowest BCUT2D eigenvalue weighted by atomic mass is 9.90. The van der Waals surface area contributed by atoms with Gasteiger partial charge < -0.3 is 14.9 Å². The molecule has 1 saturated carbocycles. The number of aromatic hydroxyl groups is 1. The van der Waals surface area contributed by atoms with Gasteiger partial charge in [-0.2, -0.15) is 0 Å². The highest BCUT2D eigenvalue weighted by Gasteiger charge is 2.35. The first-order chi connectivity index (χ1) is 8.52. The topological polar surface area (TPSA) is 66.8 Å². The summed E-state index contributed by atoms with van der Waals surface area (Å²) in [5, 5.41) is 19.0. The third kappa shape index (κ3) is 2.77. The Bertz CT molecular complexity index is 468. The minimum absolute atomic E-state index is 0.0526. The molecular formula is C13H15BrO4. The zero-order valence-electron chi connectivity index (χ0n) is 10.0. The van der Waals surface area contributed by atoms with Crippen LogP contribution in [0.25, 0.3) is 0 Å². The number of carboxylic acids is 1. The van der Waals surface area contributed by atoms with Gasteiger partial charge in [-0.15, -0.1) is 0 Å². The molecule has 1 fully saturated rings. The van der Waals surface area contributed by atoms with Crippen molar-refractivity contribution in [2.24, 2.45) is 5.92 Å². The monoisotopic (exact) mass is 314 g/mol. The number of rotatable bonds is 5. The molecule has 0 heterocycles. The van der Waals surface area contributed by atoms with Crippen molar-refractivity contribution in [1.29, 1.82) is 0 Å². The van der Waals surface area contributed by atoms with Crippen LogP contribution in [0, 0.1) is 5.92 Å². The van der Waals surface area contributed by atoms with Crippen molar-refractivity contribution in [3.8, 4) is 11.5 Å². The third-order valence-corrected chi connectivity index (χ3v) is 3.91. The van der Waals surface area contributed by atoms with Crippen LogP contribution in [0.5, 0.6) is 11.5 Å². The van der Waals surface area contributed by atoms with Gasteiger partial charge in [-0.05, 0) is 46.3 Å². The first-order valence-electron chi connectivity index (χ1n) is 5.81. The summed E-state index contributed by atoms with van der Waals surface area (Å²) in [7, 11) is 1.52. The highest BCUT2D eigenvalue weighted by Crippen LogP contribution is 2.48. The standard InChI is InChI=1S/C13H15BrO4/c1-18-12-6-11(15)9(4-10(12)14)8(5-13(16)17)7-2-3-7/h4,6-8,15H,2-3,5H2,1H3,(H,16,17). The van der Waals surface area contributed by atoms with E-state index in [1.165, 1.54) is 13.2 Å². The van der Waals surface area contributed by atoms with Crippen LogP contribution < -0.4 is 4.74 Å². The number of hydrogen-bond acceptors (Lipinski definition) is 3. The van der Waals surface area contributed by atoms with Crippen LogP contribution in [-0.2, 0) is 4.79 Å². The summed E-state index contributed by atoms with van der Waals surface area (Å²) in [5.74, 6) is 0.0598. The number of methoxy groups -OCH3 is 1. The number of phenols is 1. The van der Waals surface area contributed by atoms with Crippen molar-refractivity contribution in [3.63, 3.8) is 0 Å². The fraction of sp³-hybridized carbons (Fsp3) is 0.462. The van der Waals surface area contributed by atoms with E-state index in [0.717, 1.165) is 17.3 Å². The smallest absolute Gasteiger partial charge is 0.303 e. The van der Waals surface area contributed by atoms with Gasteiger partial charge in [-0.25, -0.2) is 0 Å². The number of benzene rings is 1. The fourth-order valence-corrected chi connectivity index (χ4v) is 2.75. The van der Waals surface area contributed by atoms with Gasteiger partial charge in [0, 0.05) is 12.0 Å². The second kappa shape index (κ2) is 5.18. The maximum absolute atomic E-state index is 10.9. The first-order valence-corrected chi connectivity index (χ1v) is 6.60. The van der Waals surface area contributed by atoms with Gasteiger partial charge in [-0.1, -0.05) is 0 Å². The van der Waals surface area contributed by atoms with Crippen molar-refractivity contribution >= 4 is 21.9 Å². The normalized spacial score (nSPS) is 16.3. The van der Waals surface area contributed by atoms with E-state index in [-0.39, 0.29) is 18.1 Å². The van der Waals surface area contributed by atoms with Crippen LogP contribution in [0.3, 0.4) is 0 Å². The molecule has 0 aromatic heterocycles. The average Bonchev–Trinajstić information content (AvgIpc) is 3.12. The van der Waals surface area contributed by atoms with E-state index in [2.05, 4.69) is 15.9 Å². The summed E-state index contributed by atoms with van der Waals surface area (Å²) in [6, 6.07) is 3.29. The lowest BCUT2D eigenvalue weighted by molar-refractivity contribution is -0.137. The molecule has 0 radical (unpaired) electrons. The Morgan fingerprint density at radius 1 is 1.56 bits per heavy atom. The van der Waals surface area contributed by atoms with E-state index in [1.807, 2.05) is 0 Å². The molecule has 18 heavy (non-hydrogen) atoms. The van der Waals surface area contributed by atoms with Crippen molar-refractivity contribution in [2.45, 2.75) is 25.2 Å². The zero-order chi connectivity index (χ0) is 13.3. The van der Waals surface area contributed by atoms with Crippen LogP contribution in [0.15, 0.2) is 16.6 Å². The Labute approximate surface area is 114 Å². The quantitative estimate of drug-likeness (QED) is 0.876. The Hall–Kier alpha value is -1.23. The van der Waals surface area contributed by atoms with Gasteiger partial charge in [-0.3, -0.25) is 4.79 Å². The molecule has 0 amide bonds. The molecule has 1 aliphatic carbocycles. The molecule has 98 valence electrons. The molecular weight excluding hydrogens is 300 g/mol. The van der Waals surface area contributed by atoms with Crippen LogP contribution in [-0.4, -0.2) is 23.3 Å². The van der Waals surface area contributed by atoms with E-state index in [9.17, 15) is 9.90 Å². The molecule has 0 saturated heterocycles. The Morgan fingerprint density at radius 3 is 2.72 bits per heavy atom. The SMILES string of the molecule is COc1cc(O)c(C(CC(=O)O)C2CC2)cc1Br. The highest BCUT2D eigenvalue weighted by atomic mass is 79.9. The molecule has 2 rings (SSSR count). The van der Waals surface area contributed by atoms with Gasteiger partial charge in [0.2, 0.25) is 0 Å². The molecule has 0 bridgehead atoms. The number of ether oxygens (including phenoxy) is 1. The molecule has 0 aliphatic heterocycles. The number of carbonyl (C=O) groups is 1. The van der Waals surface area contributed by atoms with Crippen LogP contribution in [0.2, 0.25) is 0 Å². The summed E-state index contributed by atoms with van der Waals surface area (Å²) in [4.78, 5) is 10.9. The van der Waals surface area contributed by atoms with E-state index in [1.54, 1.807) is 6.07 Å². The number of carboxylic acid groups (broad SMARTS) is 1. The van der Waals surface area contributed by atoms with Crippen LogP contribution in [0.4, 0.5) is 0 Å². The summed E-state index contributed by atoms with van der Waals surface area (Å²) in [6.45, 7) is 0. The first kappa shape index (κ1) is 13.2. The van der Waals surface area contributed by atoms with E-state index < -0.39 is 5.97 Å². The Kier molecular flexibility index (Phi) is 3.80. The molecule has 4 nitrogen and oxygen atoms in total. The minimum atomic E-state index is -0.835. The lowest BCUT2D eigenvalue weighted by Crippen LogP contribution is -2.08. The Balaban J connectivity index is 2.35. The maximum atomic E-state index is 10.9. The average molecular weight is 315 g/mol. The predicted octanol–water partition coefficient (Wildman–Crippen LogP) is 3.13. The molecule has 1 unspecified atom stereocenters. The summed E-state index contributed by atoms with van der Waals surface area (Å²) in [5.41, 5.74) is 0.688. The maximum Gasteiger partial charge on any atom is 0.303 e. The molecule has 2 N–H and O–H groups in total.